The molecule has 0 amide bonds. The van der Waals surface area contributed by atoms with Gasteiger partial charge in [-0.25, -0.2) is 0 Å². The van der Waals surface area contributed by atoms with Gasteiger partial charge in [0.1, 0.15) is 6.29 Å². The van der Waals surface area contributed by atoms with E-state index in [0.29, 0.717) is 6.42 Å². The SMILES string of the molecule is CO.NCCCCCC=O. The van der Waals surface area contributed by atoms with Crippen LogP contribution in [0, 0.1) is 0 Å². The predicted molar refractivity (Wildman–Crippen MR) is 41.7 cm³/mol. The maximum Gasteiger partial charge on any atom is 0.119 e. The highest BCUT2D eigenvalue weighted by molar-refractivity contribution is 5.48. The first kappa shape index (κ1) is 12.3. The van der Waals surface area contributed by atoms with E-state index < -0.39 is 0 Å². The molecule has 0 aliphatic heterocycles. The Labute approximate surface area is 62.2 Å². The monoisotopic (exact) mass is 147 g/mol. The van der Waals surface area contributed by atoms with Gasteiger partial charge in [0, 0.05) is 13.5 Å². The number of hydrogen-bond acceptors (Lipinski definition) is 3. The lowest BCUT2D eigenvalue weighted by Crippen LogP contribution is -1.97. The fourth-order valence-corrected chi connectivity index (χ4v) is 0.549. The van der Waals surface area contributed by atoms with Crippen LogP contribution in [0.25, 0.3) is 0 Å². The predicted octanol–water partition coefficient (Wildman–Crippen LogP) is 0.313. The summed E-state index contributed by atoms with van der Waals surface area (Å²) >= 11 is 0. The topological polar surface area (TPSA) is 63.3 Å². The first-order valence-electron chi connectivity index (χ1n) is 3.50. The van der Waals surface area contributed by atoms with Crippen molar-refractivity contribution in [1.82, 2.24) is 0 Å². The van der Waals surface area contributed by atoms with E-state index in [4.69, 9.17) is 10.8 Å². The third-order valence-corrected chi connectivity index (χ3v) is 1.03. The fraction of sp³-hybridized carbons (Fsp3) is 0.857. The van der Waals surface area contributed by atoms with E-state index in [-0.39, 0.29) is 0 Å². The van der Waals surface area contributed by atoms with E-state index in [2.05, 4.69) is 0 Å². The molecule has 0 radical (unpaired) electrons. The highest BCUT2D eigenvalue weighted by Gasteiger charge is 1.83. The molecule has 0 heterocycles. The number of aldehydes is 1. The van der Waals surface area contributed by atoms with Crippen LogP contribution in [-0.2, 0) is 4.79 Å². The minimum atomic E-state index is 0.694. The van der Waals surface area contributed by atoms with Crippen molar-refractivity contribution in [1.29, 1.82) is 0 Å². The van der Waals surface area contributed by atoms with Gasteiger partial charge in [0.25, 0.3) is 0 Å². The number of aliphatic hydroxyl groups is 1. The zero-order valence-corrected chi connectivity index (χ0v) is 6.55. The van der Waals surface area contributed by atoms with Gasteiger partial charge in [-0.2, -0.15) is 0 Å². The van der Waals surface area contributed by atoms with Crippen molar-refractivity contribution in [3.63, 3.8) is 0 Å². The first-order valence-corrected chi connectivity index (χ1v) is 3.50. The summed E-state index contributed by atoms with van der Waals surface area (Å²) in [4.78, 5) is 9.74. The summed E-state index contributed by atoms with van der Waals surface area (Å²) < 4.78 is 0. The molecular weight excluding hydrogens is 130 g/mol. The van der Waals surface area contributed by atoms with Gasteiger partial charge in [-0.3, -0.25) is 0 Å². The lowest BCUT2D eigenvalue weighted by Gasteiger charge is -1.90. The lowest BCUT2D eigenvalue weighted by atomic mass is 10.2. The highest BCUT2D eigenvalue weighted by Crippen LogP contribution is 1.94. The van der Waals surface area contributed by atoms with Crippen LogP contribution in [0.3, 0.4) is 0 Å². The molecule has 0 atom stereocenters. The maximum atomic E-state index is 9.74. The van der Waals surface area contributed by atoms with Gasteiger partial charge >= 0.3 is 0 Å². The number of hydrogen-bond donors (Lipinski definition) is 2. The molecule has 0 bridgehead atoms. The van der Waals surface area contributed by atoms with Crippen LogP contribution in [0.2, 0.25) is 0 Å². The molecule has 0 aromatic rings. The molecule has 0 aromatic carbocycles. The Bertz CT molecular complexity index is 57.6. The van der Waals surface area contributed by atoms with Gasteiger partial charge in [-0.1, -0.05) is 6.42 Å². The minimum absolute atomic E-state index is 0.694. The molecule has 3 N–H and O–H groups in total. The number of nitrogens with two attached hydrogens (primary N) is 1. The second-order valence-electron chi connectivity index (χ2n) is 1.80. The smallest absolute Gasteiger partial charge is 0.119 e. The maximum absolute atomic E-state index is 9.74. The molecule has 62 valence electrons. The van der Waals surface area contributed by atoms with Crippen LogP contribution in [0.5, 0.6) is 0 Å². The normalized spacial score (nSPS) is 7.90. The second kappa shape index (κ2) is 15.8. The fourth-order valence-electron chi connectivity index (χ4n) is 0.549. The molecule has 3 nitrogen and oxygen atoms in total. The highest BCUT2D eigenvalue weighted by atomic mass is 16.2. The summed E-state index contributed by atoms with van der Waals surface area (Å²) in [6.45, 7) is 0.749. The number of carbonyl (C=O) groups excluding carboxylic acids is 1. The third kappa shape index (κ3) is 15.6. The third-order valence-electron chi connectivity index (χ3n) is 1.03. The summed E-state index contributed by atoms with van der Waals surface area (Å²) in [6, 6.07) is 0. The largest absolute Gasteiger partial charge is 0.400 e. The van der Waals surface area contributed by atoms with Crippen molar-refractivity contribution >= 4 is 6.29 Å². The van der Waals surface area contributed by atoms with Crippen molar-refractivity contribution in [2.45, 2.75) is 25.7 Å². The van der Waals surface area contributed by atoms with Crippen LogP contribution in [0.15, 0.2) is 0 Å². The Morgan fingerprint density at radius 3 is 2.30 bits per heavy atom. The van der Waals surface area contributed by atoms with Gasteiger partial charge in [0.15, 0.2) is 0 Å². The van der Waals surface area contributed by atoms with Crippen LogP contribution in [-0.4, -0.2) is 25.0 Å². The molecule has 0 aromatic heterocycles. The Morgan fingerprint density at radius 2 is 1.90 bits per heavy atom. The van der Waals surface area contributed by atoms with Crippen LogP contribution in [0.1, 0.15) is 25.7 Å². The van der Waals surface area contributed by atoms with Crippen molar-refractivity contribution in [3.05, 3.63) is 0 Å². The Hall–Kier alpha value is -0.410. The molecule has 0 aliphatic rings. The summed E-state index contributed by atoms with van der Waals surface area (Å²) in [6.07, 6.45) is 4.79. The van der Waals surface area contributed by atoms with Crippen LogP contribution in [0.4, 0.5) is 0 Å². The van der Waals surface area contributed by atoms with Crippen LogP contribution < -0.4 is 5.73 Å². The van der Waals surface area contributed by atoms with Gasteiger partial charge in [0.05, 0.1) is 0 Å². The molecule has 0 unspecified atom stereocenters. The molecular formula is C7H17NO2. The van der Waals surface area contributed by atoms with E-state index in [1.807, 2.05) is 0 Å². The van der Waals surface area contributed by atoms with Crippen molar-refractivity contribution in [2.24, 2.45) is 5.73 Å². The summed E-state index contributed by atoms with van der Waals surface area (Å²) in [5, 5.41) is 7.00. The molecule has 0 rings (SSSR count). The number of aliphatic hydroxyl groups excluding tert-OH is 1. The number of unbranched alkanes of at least 4 members (excludes halogenated alkanes) is 3. The molecule has 0 fully saturated rings. The molecule has 0 saturated carbocycles. The average molecular weight is 147 g/mol. The van der Waals surface area contributed by atoms with E-state index >= 15 is 0 Å². The van der Waals surface area contributed by atoms with Gasteiger partial charge in [-0.15, -0.1) is 0 Å². The van der Waals surface area contributed by atoms with E-state index in [9.17, 15) is 4.79 Å². The zero-order valence-electron chi connectivity index (χ0n) is 6.55. The van der Waals surface area contributed by atoms with Crippen LogP contribution >= 0.6 is 0 Å². The first-order chi connectivity index (χ1) is 4.91. The molecule has 0 saturated heterocycles. The Morgan fingerprint density at radius 1 is 1.30 bits per heavy atom. The van der Waals surface area contributed by atoms with Crippen molar-refractivity contribution < 1.29 is 9.90 Å². The lowest BCUT2D eigenvalue weighted by molar-refractivity contribution is -0.107. The second-order valence-corrected chi connectivity index (χ2v) is 1.80. The molecule has 0 spiro atoms. The van der Waals surface area contributed by atoms with Gasteiger partial charge < -0.3 is 15.6 Å². The van der Waals surface area contributed by atoms with E-state index in [0.717, 1.165) is 39.2 Å². The summed E-state index contributed by atoms with van der Waals surface area (Å²) in [5.41, 5.74) is 5.22. The standard InChI is InChI=1S/C6H13NO.CH4O/c7-5-3-1-2-4-6-8;1-2/h6H,1-5,7H2;2H,1H3. The zero-order chi connectivity index (χ0) is 8.24. The van der Waals surface area contributed by atoms with E-state index in [1.165, 1.54) is 0 Å². The molecule has 0 aliphatic carbocycles. The molecule has 10 heavy (non-hydrogen) atoms. The minimum Gasteiger partial charge on any atom is -0.400 e. The molecule has 3 heteroatoms. The van der Waals surface area contributed by atoms with Crippen molar-refractivity contribution in [3.8, 4) is 0 Å². The quantitative estimate of drug-likeness (QED) is 0.434. The number of carbonyl (C=O) groups is 1. The number of rotatable bonds is 5. The Balaban J connectivity index is 0. The van der Waals surface area contributed by atoms with E-state index in [1.54, 1.807) is 0 Å². The van der Waals surface area contributed by atoms with Gasteiger partial charge in [0.2, 0.25) is 0 Å². The Kier molecular flexibility index (Phi) is 19.5. The summed E-state index contributed by atoms with van der Waals surface area (Å²) in [7, 11) is 1.00. The van der Waals surface area contributed by atoms with Crippen molar-refractivity contribution in [2.75, 3.05) is 13.7 Å². The van der Waals surface area contributed by atoms with Gasteiger partial charge in [-0.05, 0) is 19.4 Å². The average Bonchev–Trinajstić information content (AvgIpc) is 2.02. The summed E-state index contributed by atoms with van der Waals surface area (Å²) in [5.74, 6) is 0.